The number of hydrogen-bond donors (Lipinski definition) is 0. The number of fused-ring (bicyclic) bond motifs is 6. The van der Waals surface area contributed by atoms with Crippen molar-refractivity contribution in [1.29, 1.82) is 0 Å². The van der Waals surface area contributed by atoms with Crippen molar-refractivity contribution in [2.75, 3.05) is 4.90 Å². The minimum Gasteiger partial charge on any atom is -0.333 e. The third-order valence-corrected chi connectivity index (χ3v) is 12.5. The molecule has 0 bridgehead atoms. The van der Waals surface area contributed by atoms with E-state index in [-0.39, 0.29) is 6.04 Å². The van der Waals surface area contributed by atoms with E-state index in [1.807, 2.05) is 6.07 Å². The lowest BCUT2D eigenvalue weighted by Gasteiger charge is -2.28. The third kappa shape index (κ3) is 6.15. The molecule has 4 heteroatoms. The van der Waals surface area contributed by atoms with Gasteiger partial charge in [0.1, 0.15) is 0 Å². The zero-order valence-corrected chi connectivity index (χ0v) is 33.9. The molecular weight excluding hydrogens is 753 g/mol. The van der Waals surface area contributed by atoms with Gasteiger partial charge in [0.15, 0.2) is 5.82 Å². The summed E-state index contributed by atoms with van der Waals surface area (Å²) in [6.45, 7) is 0. The Labute approximate surface area is 361 Å². The van der Waals surface area contributed by atoms with Crippen LogP contribution in [-0.4, -0.2) is 20.6 Å². The molecule has 0 saturated heterocycles. The van der Waals surface area contributed by atoms with Gasteiger partial charge in [0.2, 0.25) is 0 Å². The van der Waals surface area contributed by atoms with Crippen LogP contribution in [0.2, 0.25) is 0 Å². The van der Waals surface area contributed by atoms with Crippen LogP contribution in [-0.2, 0) is 0 Å². The van der Waals surface area contributed by atoms with Crippen molar-refractivity contribution in [3.8, 4) is 61.8 Å². The predicted molar refractivity (Wildman–Crippen MR) is 258 cm³/mol. The first kappa shape index (κ1) is 35.8. The summed E-state index contributed by atoms with van der Waals surface area (Å²) >= 11 is 0. The number of anilines is 2. The molecule has 0 saturated carbocycles. The van der Waals surface area contributed by atoms with Crippen LogP contribution in [0.15, 0.2) is 224 Å². The number of rotatable bonds is 7. The SMILES string of the molecule is C1=CCC2C(=C1)c1cc3c4ccccc4n(-c4ccccc4)c3cc1N2c1ccc(-c2cc(-c3ccccc3)nc(-c3ccc(-c4cccc(-c5ccccc5)c4)cc3)n2)cc1. The Balaban J connectivity index is 0.927. The Morgan fingerprint density at radius 1 is 0.419 bits per heavy atom. The van der Waals surface area contributed by atoms with Crippen molar-refractivity contribution in [3.05, 3.63) is 230 Å². The maximum absolute atomic E-state index is 5.23. The molecule has 2 aromatic heterocycles. The fourth-order valence-electron chi connectivity index (χ4n) is 9.50. The lowest BCUT2D eigenvalue weighted by molar-refractivity contribution is 0.829. The second-order valence-corrected chi connectivity index (χ2v) is 16.1. The van der Waals surface area contributed by atoms with E-state index in [0.29, 0.717) is 5.82 Å². The second-order valence-electron chi connectivity index (χ2n) is 16.1. The summed E-state index contributed by atoms with van der Waals surface area (Å²) < 4.78 is 2.41. The fourth-order valence-corrected chi connectivity index (χ4v) is 9.50. The van der Waals surface area contributed by atoms with Gasteiger partial charge in [0.25, 0.3) is 0 Å². The summed E-state index contributed by atoms with van der Waals surface area (Å²) in [5, 5.41) is 2.54. The molecule has 1 aliphatic heterocycles. The fraction of sp³-hybridized carbons (Fsp3) is 0.0345. The van der Waals surface area contributed by atoms with Crippen LogP contribution in [0.1, 0.15) is 12.0 Å². The molecule has 0 fully saturated rings. The molecule has 1 atom stereocenters. The van der Waals surface area contributed by atoms with Crippen LogP contribution >= 0.6 is 0 Å². The van der Waals surface area contributed by atoms with Crippen molar-refractivity contribution in [2.45, 2.75) is 12.5 Å². The molecule has 12 rings (SSSR count). The Bertz CT molecular complexity index is 3350. The van der Waals surface area contributed by atoms with Gasteiger partial charge in [-0.15, -0.1) is 0 Å². The number of aromatic nitrogens is 3. The predicted octanol–water partition coefficient (Wildman–Crippen LogP) is 14.8. The van der Waals surface area contributed by atoms with Gasteiger partial charge >= 0.3 is 0 Å². The quantitative estimate of drug-likeness (QED) is 0.161. The number of hydrogen-bond acceptors (Lipinski definition) is 3. The van der Waals surface area contributed by atoms with Crippen LogP contribution in [0.5, 0.6) is 0 Å². The molecular formula is C58H40N4. The highest BCUT2D eigenvalue weighted by atomic mass is 15.2. The van der Waals surface area contributed by atoms with E-state index in [1.54, 1.807) is 0 Å². The maximum atomic E-state index is 5.23. The second kappa shape index (κ2) is 14.9. The van der Waals surface area contributed by atoms with E-state index < -0.39 is 0 Å². The Morgan fingerprint density at radius 2 is 1.00 bits per heavy atom. The summed E-state index contributed by atoms with van der Waals surface area (Å²) in [5.41, 5.74) is 18.2. The Morgan fingerprint density at radius 3 is 1.73 bits per heavy atom. The van der Waals surface area contributed by atoms with Gasteiger partial charge in [-0.05, 0) is 88.8 Å². The Kier molecular flexibility index (Phi) is 8.60. The highest BCUT2D eigenvalue weighted by Crippen LogP contribution is 2.50. The van der Waals surface area contributed by atoms with Crippen molar-refractivity contribution in [2.24, 2.45) is 0 Å². The molecule has 62 heavy (non-hydrogen) atoms. The topological polar surface area (TPSA) is 34.0 Å². The molecule has 8 aromatic carbocycles. The first-order chi connectivity index (χ1) is 30.7. The number of nitrogens with zero attached hydrogens (tertiary/aromatic N) is 4. The van der Waals surface area contributed by atoms with Crippen LogP contribution in [0.3, 0.4) is 0 Å². The first-order valence-electron chi connectivity index (χ1n) is 21.3. The largest absolute Gasteiger partial charge is 0.333 e. The maximum Gasteiger partial charge on any atom is 0.160 e. The monoisotopic (exact) mass is 792 g/mol. The van der Waals surface area contributed by atoms with Crippen molar-refractivity contribution in [3.63, 3.8) is 0 Å². The van der Waals surface area contributed by atoms with Crippen LogP contribution in [0.25, 0.3) is 89.2 Å². The molecule has 0 N–H and O–H groups in total. The normalized spacial score (nSPS) is 14.2. The minimum absolute atomic E-state index is 0.211. The van der Waals surface area contributed by atoms with E-state index in [9.17, 15) is 0 Å². The smallest absolute Gasteiger partial charge is 0.160 e. The van der Waals surface area contributed by atoms with Gasteiger partial charge in [0, 0.05) is 44.4 Å². The van der Waals surface area contributed by atoms with E-state index in [0.717, 1.165) is 51.4 Å². The van der Waals surface area contributed by atoms with Gasteiger partial charge in [-0.25, -0.2) is 9.97 Å². The summed E-state index contributed by atoms with van der Waals surface area (Å²) in [5.74, 6) is 0.699. The van der Waals surface area contributed by atoms with Crippen molar-refractivity contribution in [1.82, 2.24) is 14.5 Å². The zero-order chi connectivity index (χ0) is 41.0. The minimum atomic E-state index is 0.211. The van der Waals surface area contributed by atoms with Gasteiger partial charge in [0.05, 0.1) is 34.2 Å². The number of benzene rings is 8. The van der Waals surface area contributed by atoms with E-state index in [2.05, 4.69) is 228 Å². The molecule has 10 aromatic rings. The highest BCUT2D eigenvalue weighted by Gasteiger charge is 2.36. The molecule has 3 heterocycles. The average Bonchev–Trinajstić information content (AvgIpc) is 3.86. The number of allylic oxidation sites excluding steroid dienone is 2. The van der Waals surface area contributed by atoms with Crippen LogP contribution in [0, 0.1) is 0 Å². The average molecular weight is 793 g/mol. The highest BCUT2D eigenvalue weighted by molar-refractivity contribution is 6.13. The van der Waals surface area contributed by atoms with E-state index in [1.165, 1.54) is 55.3 Å². The number of para-hydroxylation sites is 2. The molecule has 1 unspecified atom stereocenters. The summed E-state index contributed by atoms with van der Waals surface area (Å²) in [6, 6.07) is 73.9. The molecule has 0 amide bonds. The Hall–Kier alpha value is -8.08. The van der Waals surface area contributed by atoms with Crippen LogP contribution in [0.4, 0.5) is 11.4 Å². The molecule has 0 radical (unpaired) electrons. The van der Waals surface area contributed by atoms with E-state index in [4.69, 9.17) is 9.97 Å². The van der Waals surface area contributed by atoms with Crippen molar-refractivity contribution >= 4 is 38.8 Å². The van der Waals surface area contributed by atoms with Gasteiger partial charge in [-0.2, -0.15) is 0 Å². The molecule has 2 aliphatic rings. The molecule has 1 aliphatic carbocycles. The molecule has 0 spiro atoms. The lowest BCUT2D eigenvalue weighted by Crippen LogP contribution is -2.27. The first-order valence-corrected chi connectivity index (χ1v) is 21.3. The standard InChI is InChI=1S/C58H40N4/c1-4-15-39(16-5-1)44-19-14-20-45(35-44)40-27-29-43(30-28-40)58-59-52(41-17-6-2-7-18-41)37-53(60-58)42-31-33-47(34-32-42)62-55-26-13-11-24-49(55)51-36-50-48-23-10-12-25-54(48)61(56(50)38-57(51)62)46-21-8-3-9-22-46/h1-25,27-38,55H,26H2. The van der Waals surface area contributed by atoms with Crippen molar-refractivity contribution < 1.29 is 0 Å². The van der Waals surface area contributed by atoms with Gasteiger partial charge < -0.3 is 9.47 Å². The van der Waals surface area contributed by atoms with Gasteiger partial charge in [-0.1, -0.05) is 170 Å². The third-order valence-electron chi connectivity index (χ3n) is 12.5. The van der Waals surface area contributed by atoms with Crippen LogP contribution < -0.4 is 4.90 Å². The lowest BCUT2D eigenvalue weighted by atomic mass is 9.95. The van der Waals surface area contributed by atoms with Gasteiger partial charge in [-0.3, -0.25) is 0 Å². The molecule has 4 nitrogen and oxygen atoms in total. The van der Waals surface area contributed by atoms with E-state index >= 15 is 0 Å². The summed E-state index contributed by atoms with van der Waals surface area (Å²) in [4.78, 5) is 12.9. The zero-order valence-electron chi connectivity index (χ0n) is 33.9. The summed E-state index contributed by atoms with van der Waals surface area (Å²) in [6.07, 6.45) is 7.76. The summed E-state index contributed by atoms with van der Waals surface area (Å²) in [7, 11) is 0. The molecule has 292 valence electrons.